The maximum atomic E-state index is 13.7. The minimum atomic E-state index is -5.01. The van der Waals surface area contributed by atoms with E-state index >= 15 is 0 Å². The summed E-state index contributed by atoms with van der Waals surface area (Å²) in [5, 5.41) is 6.68. The third kappa shape index (κ3) is 3.57. The van der Waals surface area contributed by atoms with Crippen LogP contribution >= 0.6 is 0 Å². The molecular weight excluding hydrogens is 344 g/mol. The van der Waals surface area contributed by atoms with E-state index < -0.39 is 23.8 Å². The van der Waals surface area contributed by atoms with E-state index in [-0.39, 0.29) is 12.1 Å². The first-order chi connectivity index (χ1) is 11.7. The molecule has 0 aliphatic rings. The number of aromatic nitrogens is 3. The van der Waals surface area contributed by atoms with Gasteiger partial charge in [-0.15, -0.1) is 13.2 Å². The second-order valence-corrected chi connectivity index (χ2v) is 5.22. The molecule has 25 heavy (non-hydrogen) atoms. The Morgan fingerprint density at radius 1 is 1.32 bits per heavy atom. The van der Waals surface area contributed by atoms with Gasteiger partial charge in [-0.2, -0.15) is 5.10 Å². The number of halogens is 4. The summed E-state index contributed by atoms with van der Waals surface area (Å²) in [7, 11) is 1.82. The van der Waals surface area contributed by atoms with Crippen LogP contribution in [0.5, 0.6) is 5.75 Å². The number of rotatable bonds is 4. The van der Waals surface area contributed by atoms with Crippen LogP contribution in [-0.2, 0) is 13.6 Å². The number of amides is 1. The SMILES string of the molecule is Cn1ccn2ncc(CNC(=O)c3ccc(OC(F)(F)F)c(F)c3)c12. The van der Waals surface area contributed by atoms with E-state index in [0.717, 1.165) is 23.3 Å². The van der Waals surface area contributed by atoms with Crippen molar-refractivity contribution in [2.75, 3.05) is 0 Å². The molecule has 0 fully saturated rings. The highest BCUT2D eigenvalue weighted by Crippen LogP contribution is 2.26. The topological polar surface area (TPSA) is 60.6 Å². The fraction of sp³-hybridized carbons (Fsp3) is 0.200. The van der Waals surface area contributed by atoms with Gasteiger partial charge in [-0.3, -0.25) is 4.79 Å². The minimum absolute atomic E-state index is 0.123. The number of benzene rings is 1. The van der Waals surface area contributed by atoms with E-state index in [2.05, 4.69) is 15.2 Å². The number of hydrogen-bond donors (Lipinski definition) is 1. The molecule has 0 aliphatic heterocycles. The Bertz CT molecular complexity index is 929. The van der Waals surface area contributed by atoms with Crippen LogP contribution in [0.15, 0.2) is 36.8 Å². The average molecular weight is 356 g/mol. The number of fused-ring (bicyclic) bond motifs is 1. The van der Waals surface area contributed by atoms with Gasteiger partial charge >= 0.3 is 6.36 Å². The highest BCUT2D eigenvalue weighted by Gasteiger charge is 2.32. The van der Waals surface area contributed by atoms with Crippen molar-refractivity contribution in [1.82, 2.24) is 19.5 Å². The molecule has 0 bridgehead atoms. The maximum Gasteiger partial charge on any atom is 0.573 e. The first-order valence-corrected chi connectivity index (χ1v) is 7.05. The number of alkyl halides is 3. The van der Waals surface area contributed by atoms with Gasteiger partial charge in [0.1, 0.15) is 5.65 Å². The lowest BCUT2D eigenvalue weighted by Crippen LogP contribution is -2.23. The summed E-state index contributed by atoms with van der Waals surface area (Å²) in [4.78, 5) is 12.1. The molecule has 1 amide bonds. The molecule has 0 atom stereocenters. The molecule has 0 unspecified atom stereocenters. The van der Waals surface area contributed by atoms with Gasteiger partial charge in [0, 0.05) is 37.1 Å². The van der Waals surface area contributed by atoms with Crippen LogP contribution in [-0.4, -0.2) is 26.5 Å². The molecule has 0 radical (unpaired) electrons. The second kappa shape index (κ2) is 6.11. The Morgan fingerprint density at radius 2 is 2.08 bits per heavy atom. The molecule has 3 aromatic rings. The van der Waals surface area contributed by atoms with Crippen molar-refractivity contribution >= 4 is 11.6 Å². The first-order valence-electron chi connectivity index (χ1n) is 7.05. The Balaban J connectivity index is 1.71. The first kappa shape index (κ1) is 16.8. The number of carbonyl (C=O) groups excluding carboxylic acids is 1. The molecule has 2 heterocycles. The fourth-order valence-electron chi connectivity index (χ4n) is 2.37. The summed E-state index contributed by atoms with van der Waals surface area (Å²) < 4.78 is 57.0. The van der Waals surface area contributed by atoms with E-state index in [0.29, 0.717) is 6.07 Å². The zero-order valence-corrected chi connectivity index (χ0v) is 12.8. The number of nitrogens with zero attached hydrogens (tertiary/aromatic N) is 3. The van der Waals surface area contributed by atoms with Gasteiger partial charge in [0.15, 0.2) is 11.6 Å². The number of aryl methyl sites for hydroxylation is 1. The van der Waals surface area contributed by atoms with Crippen LogP contribution in [0.4, 0.5) is 17.6 Å². The van der Waals surface area contributed by atoms with E-state index in [9.17, 15) is 22.4 Å². The average Bonchev–Trinajstić information content (AvgIpc) is 3.09. The van der Waals surface area contributed by atoms with Crippen molar-refractivity contribution in [1.29, 1.82) is 0 Å². The number of nitrogens with one attached hydrogen (secondary N) is 1. The largest absolute Gasteiger partial charge is 0.573 e. The molecule has 0 aliphatic carbocycles. The minimum Gasteiger partial charge on any atom is -0.403 e. The zero-order valence-electron chi connectivity index (χ0n) is 12.8. The van der Waals surface area contributed by atoms with Crippen molar-refractivity contribution in [2.24, 2.45) is 7.05 Å². The smallest absolute Gasteiger partial charge is 0.403 e. The summed E-state index contributed by atoms with van der Waals surface area (Å²) in [5.41, 5.74) is 1.39. The van der Waals surface area contributed by atoms with Crippen LogP contribution in [0.2, 0.25) is 0 Å². The molecule has 0 spiro atoms. The standard InChI is InChI=1S/C15H12F4N4O2/c1-22-4-5-23-14(22)10(8-21-23)7-20-13(24)9-2-3-12(11(16)6-9)25-15(17,18)19/h2-6,8H,7H2,1H3,(H,20,24). The summed E-state index contributed by atoms with van der Waals surface area (Å²) in [6.07, 6.45) is 0.113. The number of ether oxygens (including phenoxy) is 1. The van der Waals surface area contributed by atoms with E-state index in [4.69, 9.17) is 0 Å². The zero-order chi connectivity index (χ0) is 18.2. The van der Waals surface area contributed by atoms with Gasteiger partial charge in [-0.05, 0) is 18.2 Å². The van der Waals surface area contributed by atoms with Gasteiger partial charge in [0.2, 0.25) is 0 Å². The predicted molar refractivity (Wildman–Crippen MR) is 78.4 cm³/mol. The number of hydrogen-bond acceptors (Lipinski definition) is 3. The third-order valence-corrected chi connectivity index (χ3v) is 3.47. The van der Waals surface area contributed by atoms with Gasteiger partial charge in [0.25, 0.3) is 5.91 Å². The van der Waals surface area contributed by atoms with Crippen molar-refractivity contribution in [3.05, 3.63) is 53.7 Å². The Hall–Kier alpha value is -3.04. The monoisotopic (exact) mass is 356 g/mol. The van der Waals surface area contributed by atoms with Crippen molar-refractivity contribution in [3.8, 4) is 5.75 Å². The molecule has 10 heteroatoms. The van der Waals surface area contributed by atoms with E-state index in [1.807, 2.05) is 11.6 Å². The molecule has 0 saturated heterocycles. The lowest BCUT2D eigenvalue weighted by molar-refractivity contribution is -0.275. The fourth-order valence-corrected chi connectivity index (χ4v) is 2.37. The quantitative estimate of drug-likeness (QED) is 0.731. The van der Waals surface area contributed by atoms with Gasteiger partial charge in [0.05, 0.1) is 6.20 Å². The molecule has 3 rings (SSSR count). The van der Waals surface area contributed by atoms with Crippen LogP contribution in [0.3, 0.4) is 0 Å². The molecule has 1 aromatic carbocycles. The van der Waals surface area contributed by atoms with Crippen LogP contribution in [0, 0.1) is 5.82 Å². The van der Waals surface area contributed by atoms with Gasteiger partial charge in [-0.1, -0.05) is 0 Å². The molecule has 6 nitrogen and oxygen atoms in total. The lowest BCUT2D eigenvalue weighted by Gasteiger charge is -2.10. The van der Waals surface area contributed by atoms with Gasteiger partial charge < -0.3 is 14.6 Å². The molecule has 2 aromatic heterocycles. The summed E-state index contributed by atoms with van der Waals surface area (Å²) in [5.74, 6) is -2.91. The molecule has 0 saturated carbocycles. The normalized spacial score (nSPS) is 11.7. The van der Waals surface area contributed by atoms with Gasteiger partial charge in [-0.25, -0.2) is 8.91 Å². The highest BCUT2D eigenvalue weighted by molar-refractivity contribution is 5.94. The van der Waals surface area contributed by atoms with Crippen LogP contribution in [0.1, 0.15) is 15.9 Å². The predicted octanol–water partition coefficient (Wildman–Crippen LogP) is 2.64. The van der Waals surface area contributed by atoms with Crippen molar-refractivity contribution in [2.45, 2.75) is 12.9 Å². The maximum absolute atomic E-state index is 13.7. The Morgan fingerprint density at radius 3 is 2.76 bits per heavy atom. The molecular formula is C15H12F4N4O2. The second-order valence-electron chi connectivity index (χ2n) is 5.22. The van der Waals surface area contributed by atoms with Crippen LogP contribution < -0.4 is 10.1 Å². The Labute approximate surface area is 138 Å². The summed E-state index contributed by atoms with van der Waals surface area (Å²) in [6.45, 7) is 0.128. The molecule has 132 valence electrons. The van der Waals surface area contributed by atoms with E-state index in [1.54, 1.807) is 23.1 Å². The number of imidazole rings is 1. The summed E-state index contributed by atoms with van der Waals surface area (Å²) in [6, 6.07) is 2.50. The highest BCUT2D eigenvalue weighted by atomic mass is 19.4. The van der Waals surface area contributed by atoms with Crippen molar-refractivity contribution < 1.29 is 27.1 Å². The number of carbonyl (C=O) groups is 1. The lowest BCUT2D eigenvalue weighted by atomic mass is 10.2. The summed E-state index contributed by atoms with van der Waals surface area (Å²) >= 11 is 0. The molecule has 1 N–H and O–H groups in total. The van der Waals surface area contributed by atoms with Crippen molar-refractivity contribution in [3.63, 3.8) is 0 Å². The third-order valence-electron chi connectivity index (χ3n) is 3.47. The van der Waals surface area contributed by atoms with E-state index in [1.165, 1.54) is 0 Å². The van der Waals surface area contributed by atoms with Crippen LogP contribution in [0.25, 0.3) is 5.65 Å². The Kier molecular flexibility index (Phi) is 4.11.